The number of hydrogen-bond acceptors (Lipinski definition) is 6. The number of piperidine rings is 1. The molecule has 6 nitrogen and oxygen atoms in total. The summed E-state index contributed by atoms with van der Waals surface area (Å²) in [6.45, 7) is 1.00. The van der Waals surface area contributed by atoms with Crippen molar-refractivity contribution in [2.45, 2.75) is 19.4 Å². The molecule has 0 N–H and O–H groups in total. The maximum Gasteiger partial charge on any atom is 0.309 e. The van der Waals surface area contributed by atoms with E-state index >= 15 is 0 Å². The Balaban J connectivity index is 1.26. The molecule has 1 aliphatic heterocycles. The second-order valence-electron chi connectivity index (χ2n) is 6.78. The molecule has 0 radical (unpaired) electrons. The molecule has 29 heavy (non-hydrogen) atoms. The van der Waals surface area contributed by atoms with Crippen LogP contribution in [0.4, 0.5) is 4.39 Å². The Labute approximate surface area is 170 Å². The third-order valence-corrected chi connectivity index (χ3v) is 5.73. The minimum absolute atomic E-state index is 0.0138. The summed E-state index contributed by atoms with van der Waals surface area (Å²) in [7, 11) is 0. The van der Waals surface area contributed by atoms with Gasteiger partial charge >= 0.3 is 5.97 Å². The van der Waals surface area contributed by atoms with Crippen LogP contribution in [0.3, 0.4) is 0 Å². The van der Waals surface area contributed by atoms with E-state index in [2.05, 4.69) is 4.98 Å². The summed E-state index contributed by atoms with van der Waals surface area (Å²) >= 11 is 1.42. The van der Waals surface area contributed by atoms with E-state index in [4.69, 9.17) is 9.15 Å². The molecule has 0 saturated carbocycles. The number of rotatable bonds is 5. The molecule has 0 unspecified atom stereocenters. The molecule has 1 saturated heterocycles. The molecule has 2 aromatic heterocycles. The fraction of sp³-hybridized carbons (Fsp3) is 0.286. The van der Waals surface area contributed by atoms with Gasteiger partial charge in [-0.1, -0.05) is 6.07 Å². The van der Waals surface area contributed by atoms with Crippen molar-refractivity contribution in [1.82, 2.24) is 9.88 Å². The predicted molar refractivity (Wildman–Crippen MR) is 105 cm³/mol. The minimum atomic E-state index is -0.328. The van der Waals surface area contributed by atoms with Crippen molar-refractivity contribution in [2.24, 2.45) is 5.92 Å². The number of oxazole rings is 1. The number of thiophene rings is 1. The number of halogens is 1. The molecule has 8 heteroatoms. The quantitative estimate of drug-likeness (QED) is 0.587. The molecule has 3 aromatic rings. The van der Waals surface area contributed by atoms with Crippen LogP contribution < -0.4 is 0 Å². The number of esters is 1. The van der Waals surface area contributed by atoms with E-state index in [1.807, 2.05) is 17.5 Å². The van der Waals surface area contributed by atoms with Crippen LogP contribution in [0.5, 0.6) is 0 Å². The van der Waals surface area contributed by atoms with Gasteiger partial charge in [-0.05, 0) is 48.6 Å². The minimum Gasteiger partial charge on any atom is -0.455 e. The number of ether oxygens (including phenoxy) is 1. The monoisotopic (exact) mass is 414 g/mol. The van der Waals surface area contributed by atoms with Crippen LogP contribution in [0.2, 0.25) is 0 Å². The summed E-state index contributed by atoms with van der Waals surface area (Å²) in [4.78, 5) is 31.3. The zero-order chi connectivity index (χ0) is 20.2. The van der Waals surface area contributed by atoms with Gasteiger partial charge < -0.3 is 14.1 Å². The van der Waals surface area contributed by atoms with Gasteiger partial charge in [-0.2, -0.15) is 0 Å². The third-order valence-electron chi connectivity index (χ3n) is 4.87. The van der Waals surface area contributed by atoms with Gasteiger partial charge in [0.15, 0.2) is 12.4 Å². The summed E-state index contributed by atoms with van der Waals surface area (Å²) in [5, 5.41) is 1.88. The Kier molecular flexibility index (Phi) is 5.71. The van der Waals surface area contributed by atoms with Gasteiger partial charge in [0.1, 0.15) is 5.82 Å². The van der Waals surface area contributed by atoms with E-state index in [0.29, 0.717) is 42.1 Å². The molecule has 0 bridgehead atoms. The number of aromatic nitrogens is 1. The average molecular weight is 414 g/mol. The average Bonchev–Trinajstić information content (AvgIpc) is 3.44. The fourth-order valence-corrected chi connectivity index (χ4v) is 3.94. The lowest BCUT2D eigenvalue weighted by Crippen LogP contribution is -2.40. The van der Waals surface area contributed by atoms with Crippen molar-refractivity contribution in [3.63, 3.8) is 0 Å². The standard InChI is InChI=1S/C21H19FN2O4S/c22-16-5-3-14(4-6-16)17-12-23-19(28-17)13-27-21(26)15-7-9-24(10-8-15)20(25)18-2-1-11-29-18/h1-6,11-12,15H,7-10,13H2. The van der Waals surface area contributed by atoms with Crippen LogP contribution in [0.15, 0.2) is 52.4 Å². The summed E-state index contributed by atoms with van der Waals surface area (Å²) in [6, 6.07) is 9.53. The van der Waals surface area contributed by atoms with Crippen molar-refractivity contribution in [3.05, 3.63) is 64.6 Å². The first-order valence-corrected chi connectivity index (χ1v) is 10.2. The first kappa shape index (κ1) is 19.3. The smallest absolute Gasteiger partial charge is 0.309 e. The summed E-state index contributed by atoms with van der Waals surface area (Å²) < 4.78 is 23.9. The van der Waals surface area contributed by atoms with Crippen molar-refractivity contribution in [2.75, 3.05) is 13.1 Å². The Bertz CT molecular complexity index is 977. The highest BCUT2D eigenvalue weighted by atomic mass is 32.1. The zero-order valence-corrected chi connectivity index (χ0v) is 16.4. The van der Waals surface area contributed by atoms with E-state index in [9.17, 15) is 14.0 Å². The normalized spacial score (nSPS) is 14.7. The van der Waals surface area contributed by atoms with Crippen LogP contribution >= 0.6 is 11.3 Å². The molecule has 1 fully saturated rings. The van der Waals surface area contributed by atoms with E-state index in [0.717, 1.165) is 0 Å². The van der Waals surface area contributed by atoms with Gasteiger partial charge in [-0.3, -0.25) is 9.59 Å². The van der Waals surface area contributed by atoms with Gasteiger partial charge in [0, 0.05) is 18.7 Å². The molecule has 1 aromatic carbocycles. The Hall–Kier alpha value is -3.00. The maximum atomic E-state index is 13.0. The number of carbonyl (C=O) groups excluding carboxylic acids is 2. The van der Waals surface area contributed by atoms with Crippen molar-refractivity contribution in [1.29, 1.82) is 0 Å². The lowest BCUT2D eigenvalue weighted by molar-refractivity contribution is -0.152. The lowest BCUT2D eigenvalue weighted by Gasteiger charge is -2.30. The summed E-state index contributed by atoms with van der Waals surface area (Å²) in [5.41, 5.74) is 0.694. The molecule has 1 amide bonds. The Morgan fingerprint density at radius 1 is 1.21 bits per heavy atom. The van der Waals surface area contributed by atoms with Gasteiger partial charge in [0.2, 0.25) is 5.89 Å². The Morgan fingerprint density at radius 2 is 1.97 bits per heavy atom. The van der Waals surface area contributed by atoms with E-state index in [1.165, 1.54) is 29.7 Å². The van der Waals surface area contributed by atoms with E-state index < -0.39 is 0 Å². The van der Waals surface area contributed by atoms with Gasteiger partial charge in [0.05, 0.1) is 17.0 Å². The van der Waals surface area contributed by atoms with Crippen LogP contribution in [0.25, 0.3) is 11.3 Å². The highest BCUT2D eigenvalue weighted by Gasteiger charge is 2.29. The van der Waals surface area contributed by atoms with E-state index in [1.54, 1.807) is 17.0 Å². The van der Waals surface area contributed by atoms with Crippen molar-refractivity contribution < 1.29 is 23.1 Å². The van der Waals surface area contributed by atoms with Crippen molar-refractivity contribution >= 4 is 23.2 Å². The molecular formula is C21H19FN2O4S. The number of hydrogen-bond donors (Lipinski definition) is 0. The highest BCUT2D eigenvalue weighted by molar-refractivity contribution is 7.12. The van der Waals surface area contributed by atoms with Crippen LogP contribution in [-0.4, -0.2) is 34.8 Å². The third kappa shape index (κ3) is 4.54. The molecule has 0 aliphatic carbocycles. The zero-order valence-electron chi connectivity index (χ0n) is 15.5. The van der Waals surface area contributed by atoms with Crippen LogP contribution in [-0.2, 0) is 16.1 Å². The van der Waals surface area contributed by atoms with E-state index in [-0.39, 0.29) is 36.1 Å². The number of benzene rings is 1. The van der Waals surface area contributed by atoms with Crippen LogP contribution in [0, 0.1) is 11.7 Å². The first-order valence-electron chi connectivity index (χ1n) is 9.30. The number of likely N-dealkylation sites (tertiary alicyclic amines) is 1. The molecule has 3 heterocycles. The van der Waals surface area contributed by atoms with Gasteiger partial charge in [0.25, 0.3) is 5.91 Å². The lowest BCUT2D eigenvalue weighted by atomic mass is 9.97. The highest BCUT2D eigenvalue weighted by Crippen LogP contribution is 2.24. The van der Waals surface area contributed by atoms with Gasteiger partial charge in [-0.15, -0.1) is 11.3 Å². The van der Waals surface area contributed by atoms with Crippen LogP contribution in [0.1, 0.15) is 28.4 Å². The molecule has 0 spiro atoms. The second kappa shape index (κ2) is 8.57. The first-order chi connectivity index (χ1) is 14.1. The molecular weight excluding hydrogens is 395 g/mol. The molecule has 1 aliphatic rings. The number of nitrogens with zero attached hydrogens (tertiary/aromatic N) is 2. The molecule has 150 valence electrons. The Morgan fingerprint density at radius 3 is 2.66 bits per heavy atom. The topological polar surface area (TPSA) is 72.6 Å². The summed E-state index contributed by atoms with van der Waals surface area (Å²) in [6.07, 6.45) is 2.66. The molecule has 0 atom stereocenters. The molecule has 4 rings (SSSR count). The fourth-order valence-electron chi connectivity index (χ4n) is 3.25. The van der Waals surface area contributed by atoms with Crippen molar-refractivity contribution in [3.8, 4) is 11.3 Å². The largest absolute Gasteiger partial charge is 0.455 e. The SMILES string of the molecule is O=C(OCc1ncc(-c2ccc(F)cc2)o1)C1CCN(C(=O)c2cccs2)CC1. The number of carbonyl (C=O) groups is 2. The van der Waals surface area contributed by atoms with Gasteiger partial charge in [-0.25, -0.2) is 9.37 Å². The maximum absolute atomic E-state index is 13.0. The number of amides is 1. The second-order valence-corrected chi connectivity index (χ2v) is 7.72. The summed E-state index contributed by atoms with van der Waals surface area (Å²) in [5.74, 6) is -0.103. The predicted octanol–water partition coefficient (Wildman–Crippen LogP) is 4.14.